The molecule has 1 aliphatic carbocycles. The van der Waals surface area contributed by atoms with Gasteiger partial charge in [0.1, 0.15) is 0 Å². The van der Waals surface area contributed by atoms with E-state index in [0.717, 1.165) is 19.4 Å². The van der Waals surface area contributed by atoms with E-state index in [-0.39, 0.29) is 5.92 Å². The molecule has 1 atom stereocenters. The van der Waals surface area contributed by atoms with Crippen molar-refractivity contribution < 1.29 is 4.79 Å². The summed E-state index contributed by atoms with van der Waals surface area (Å²) < 4.78 is 0. The molecule has 1 N–H and O–H groups in total. The largest absolute Gasteiger partial charge is 0.353 e. The first-order chi connectivity index (χ1) is 13.3. The smallest absolute Gasteiger partial charge is 0.224 e. The fraction of sp³-hybridized carbons (Fsp3) is 0.696. The van der Waals surface area contributed by atoms with Gasteiger partial charge in [-0.15, -0.1) is 0 Å². The molecule has 1 unspecified atom stereocenters. The molecule has 1 aromatic rings. The first-order valence-corrected chi connectivity index (χ1v) is 11.1. The van der Waals surface area contributed by atoms with E-state index in [1.54, 1.807) is 0 Å². The number of benzene rings is 1. The number of piperidine rings is 2. The van der Waals surface area contributed by atoms with Crippen molar-refractivity contribution in [1.82, 2.24) is 15.1 Å². The molecule has 4 nitrogen and oxygen atoms in total. The lowest BCUT2D eigenvalue weighted by Gasteiger charge is -2.42. The third kappa shape index (κ3) is 5.11. The maximum Gasteiger partial charge on any atom is 0.224 e. The number of likely N-dealkylation sites (tertiary alicyclic amines) is 2. The van der Waals surface area contributed by atoms with Gasteiger partial charge >= 0.3 is 0 Å². The molecule has 0 radical (unpaired) electrons. The summed E-state index contributed by atoms with van der Waals surface area (Å²) in [5.41, 5.74) is 1.44. The lowest BCUT2D eigenvalue weighted by atomic mass is 9.90. The minimum atomic E-state index is 0.218. The minimum Gasteiger partial charge on any atom is -0.353 e. The monoisotopic (exact) mass is 369 g/mol. The van der Waals surface area contributed by atoms with Crippen LogP contribution in [-0.2, 0) is 11.2 Å². The van der Waals surface area contributed by atoms with Crippen LogP contribution in [0.15, 0.2) is 30.3 Å². The molecule has 0 aromatic heterocycles. The minimum absolute atomic E-state index is 0.218. The van der Waals surface area contributed by atoms with Crippen LogP contribution in [0.4, 0.5) is 0 Å². The number of nitrogens with zero attached hydrogens (tertiary/aromatic N) is 2. The summed E-state index contributed by atoms with van der Waals surface area (Å²) in [6.07, 6.45) is 9.57. The molecule has 1 saturated carbocycles. The van der Waals surface area contributed by atoms with Crippen molar-refractivity contribution in [2.45, 2.75) is 63.5 Å². The molecular formula is C23H35N3O. The summed E-state index contributed by atoms with van der Waals surface area (Å²) in [7, 11) is 0. The van der Waals surface area contributed by atoms with Gasteiger partial charge in [0.2, 0.25) is 5.91 Å². The Kier molecular flexibility index (Phi) is 6.46. The summed E-state index contributed by atoms with van der Waals surface area (Å²) in [4.78, 5) is 17.8. The van der Waals surface area contributed by atoms with Crippen LogP contribution in [0.5, 0.6) is 0 Å². The fourth-order valence-electron chi connectivity index (χ4n) is 4.86. The predicted octanol–water partition coefficient (Wildman–Crippen LogP) is 3.07. The zero-order valence-electron chi connectivity index (χ0n) is 16.6. The molecule has 4 heteroatoms. The van der Waals surface area contributed by atoms with Crippen LogP contribution < -0.4 is 5.32 Å². The summed E-state index contributed by atoms with van der Waals surface area (Å²) in [6, 6.07) is 12.0. The van der Waals surface area contributed by atoms with E-state index in [0.29, 0.717) is 18.0 Å². The van der Waals surface area contributed by atoms with E-state index in [9.17, 15) is 4.79 Å². The van der Waals surface area contributed by atoms with E-state index in [4.69, 9.17) is 0 Å². The average molecular weight is 370 g/mol. The normalized spacial score (nSPS) is 25.9. The number of hydrogen-bond donors (Lipinski definition) is 1. The van der Waals surface area contributed by atoms with Crippen molar-refractivity contribution in [2.24, 2.45) is 5.92 Å². The second-order valence-electron chi connectivity index (χ2n) is 8.78. The molecule has 3 aliphatic rings. The molecule has 3 fully saturated rings. The Hall–Kier alpha value is -1.39. The molecule has 0 spiro atoms. The SMILES string of the molecule is O=C(NC1CCC1)C1CCCN(C2CCN(CCc3ccccc3)CC2)C1. The Bertz CT molecular complexity index is 593. The van der Waals surface area contributed by atoms with Crippen molar-refractivity contribution in [3.05, 3.63) is 35.9 Å². The highest BCUT2D eigenvalue weighted by Crippen LogP contribution is 2.25. The molecule has 2 heterocycles. The van der Waals surface area contributed by atoms with Gasteiger partial charge in [-0.3, -0.25) is 9.69 Å². The number of carbonyl (C=O) groups excluding carboxylic acids is 1. The lowest BCUT2D eigenvalue weighted by molar-refractivity contribution is -0.128. The summed E-state index contributed by atoms with van der Waals surface area (Å²) >= 11 is 0. The van der Waals surface area contributed by atoms with Gasteiger partial charge in [0, 0.05) is 25.2 Å². The van der Waals surface area contributed by atoms with Crippen LogP contribution in [-0.4, -0.2) is 60.5 Å². The zero-order chi connectivity index (χ0) is 18.5. The van der Waals surface area contributed by atoms with Gasteiger partial charge in [0.05, 0.1) is 5.92 Å². The van der Waals surface area contributed by atoms with Crippen molar-refractivity contribution >= 4 is 5.91 Å². The standard InChI is InChI=1S/C23H35N3O/c27-23(24-21-9-4-10-21)20-8-5-14-26(18-20)22-12-16-25(17-13-22)15-11-19-6-2-1-3-7-19/h1-3,6-7,20-22H,4-5,8-18H2,(H,24,27). The van der Waals surface area contributed by atoms with Crippen LogP contribution in [0.3, 0.4) is 0 Å². The van der Waals surface area contributed by atoms with Crippen LogP contribution in [0.2, 0.25) is 0 Å². The van der Waals surface area contributed by atoms with Crippen molar-refractivity contribution in [1.29, 1.82) is 0 Å². The Labute approximate surface area is 164 Å². The maximum absolute atomic E-state index is 12.6. The lowest BCUT2D eigenvalue weighted by Crippen LogP contribution is -2.52. The highest BCUT2D eigenvalue weighted by Gasteiger charge is 2.32. The molecule has 148 valence electrons. The Morgan fingerprint density at radius 1 is 0.963 bits per heavy atom. The topological polar surface area (TPSA) is 35.6 Å². The molecule has 27 heavy (non-hydrogen) atoms. The second-order valence-corrected chi connectivity index (χ2v) is 8.78. The van der Waals surface area contributed by atoms with Crippen molar-refractivity contribution in [3.8, 4) is 0 Å². The van der Waals surface area contributed by atoms with Gasteiger partial charge < -0.3 is 10.2 Å². The quantitative estimate of drug-likeness (QED) is 0.837. The molecule has 0 bridgehead atoms. The highest BCUT2D eigenvalue weighted by atomic mass is 16.2. The van der Waals surface area contributed by atoms with E-state index in [2.05, 4.69) is 45.4 Å². The average Bonchev–Trinajstić information content (AvgIpc) is 2.70. The first-order valence-electron chi connectivity index (χ1n) is 11.1. The number of rotatable bonds is 6. The van der Waals surface area contributed by atoms with Crippen LogP contribution in [0.1, 0.15) is 50.5 Å². The van der Waals surface area contributed by atoms with E-state index in [1.807, 2.05) is 0 Å². The summed E-state index contributed by atoms with van der Waals surface area (Å²) in [5, 5.41) is 3.28. The van der Waals surface area contributed by atoms with Gasteiger partial charge in [0.15, 0.2) is 0 Å². The van der Waals surface area contributed by atoms with Crippen LogP contribution >= 0.6 is 0 Å². The summed E-state index contributed by atoms with van der Waals surface area (Å²) in [6.45, 7) is 5.73. The van der Waals surface area contributed by atoms with Gasteiger partial charge in [-0.2, -0.15) is 0 Å². The van der Waals surface area contributed by atoms with Crippen LogP contribution in [0.25, 0.3) is 0 Å². The maximum atomic E-state index is 12.6. The van der Waals surface area contributed by atoms with E-state index < -0.39 is 0 Å². The molecule has 2 saturated heterocycles. The molecular weight excluding hydrogens is 334 g/mol. The van der Waals surface area contributed by atoms with Gasteiger partial charge in [-0.05, 0) is 76.6 Å². The number of carbonyl (C=O) groups is 1. The highest BCUT2D eigenvalue weighted by molar-refractivity contribution is 5.79. The Balaban J connectivity index is 1.20. The first kappa shape index (κ1) is 18.9. The van der Waals surface area contributed by atoms with Gasteiger partial charge in [0.25, 0.3) is 0 Å². The van der Waals surface area contributed by atoms with Gasteiger partial charge in [-0.1, -0.05) is 30.3 Å². The third-order valence-corrected chi connectivity index (χ3v) is 6.91. The second kappa shape index (κ2) is 9.20. The number of hydrogen-bond acceptors (Lipinski definition) is 3. The molecule has 1 amide bonds. The summed E-state index contributed by atoms with van der Waals surface area (Å²) in [5.74, 6) is 0.542. The Morgan fingerprint density at radius 3 is 2.44 bits per heavy atom. The molecule has 1 aromatic carbocycles. The number of nitrogens with one attached hydrogen (secondary N) is 1. The fourth-order valence-corrected chi connectivity index (χ4v) is 4.86. The van der Waals surface area contributed by atoms with Crippen molar-refractivity contribution in [3.63, 3.8) is 0 Å². The molecule has 4 rings (SSSR count). The van der Waals surface area contributed by atoms with E-state index >= 15 is 0 Å². The zero-order valence-corrected chi connectivity index (χ0v) is 16.6. The molecule has 2 aliphatic heterocycles. The van der Waals surface area contributed by atoms with Gasteiger partial charge in [-0.25, -0.2) is 0 Å². The third-order valence-electron chi connectivity index (χ3n) is 6.91. The van der Waals surface area contributed by atoms with E-state index in [1.165, 1.54) is 70.3 Å². The Morgan fingerprint density at radius 2 is 1.74 bits per heavy atom. The van der Waals surface area contributed by atoms with Crippen LogP contribution in [0, 0.1) is 5.92 Å². The van der Waals surface area contributed by atoms with Crippen molar-refractivity contribution in [2.75, 3.05) is 32.7 Å². The predicted molar refractivity (Wildman–Crippen MR) is 110 cm³/mol. The number of amides is 1.